The van der Waals surface area contributed by atoms with Crippen LogP contribution in [0.5, 0.6) is 11.6 Å². The van der Waals surface area contributed by atoms with Crippen molar-refractivity contribution in [3.63, 3.8) is 0 Å². The van der Waals surface area contributed by atoms with E-state index in [-0.39, 0.29) is 30.1 Å². The van der Waals surface area contributed by atoms with Crippen LogP contribution in [0.2, 0.25) is 0 Å². The van der Waals surface area contributed by atoms with Crippen molar-refractivity contribution < 1.29 is 19.1 Å². The number of benzene rings is 1. The Bertz CT molecular complexity index is 1670. The van der Waals surface area contributed by atoms with Gasteiger partial charge in [-0.1, -0.05) is 5.21 Å². The second-order valence-corrected chi connectivity index (χ2v) is 11.6. The molecule has 0 atom stereocenters. The van der Waals surface area contributed by atoms with Crippen LogP contribution < -0.4 is 10.1 Å². The predicted molar refractivity (Wildman–Crippen MR) is 158 cm³/mol. The first-order valence-electron chi connectivity index (χ1n) is 14.1. The number of fused-ring (bicyclic) bond motifs is 1. The van der Waals surface area contributed by atoms with Crippen LogP contribution in [0.15, 0.2) is 29.8 Å². The van der Waals surface area contributed by atoms with Crippen molar-refractivity contribution in [1.82, 2.24) is 34.8 Å². The number of hydrogen-bond acceptors (Lipinski definition) is 11. The standard InChI is InChI=1S/C29H31N9O4S/c1-18-13-20(15-30)14-19(2)25(18)42-27-26-22(5-12-43-26)32-29(33-27)31-21-3-6-37(7-4-21)28(40)23-16-38(35-34-23)17-24(39)36-8-10-41-11-9-36/h5,12-14,16,21H,3-4,6-11,17H2,1-2H3,(H,31,32,33). The van der Waals surface area contributed by atoms with E-state index in [1.54, 1.807) is 21.9 Å². The quantitative estimate of drug-likeness (QED) is 0.334. The zero-order valence-corrected chi connectivity index (χ0v) is 24.8. The fourth-order valence-corrected chi connectivity index (χ4v) is 6.09. The van der Waals surface area contributed by atoms with E-state index in [0.29, 0.717) is 75.4 Å². The van der Waals surface area contributed by atoms with Gasteiger partial charge in [-0.2, -0.15) is 10.2 Å². The number of hydrogen-bond donors (Lipinski definition) is 1. The number of nitriles is 1. The molecule has 3 aromatic heterocycles. The van der Waals surface area contributed by atoms with Crippen molar-refractivity contribution in [2.75, 3.05) is 44.7 Å². The molecule has 6 rings (SSSR count). The lowest BCUT2D eigenvalue weighted by Crippen LogP contribution is -2.42. The summed E-state index contributed by atoms with van der Waals surface area (Å²) in [7, 11) is 0. The third-order valence-electron chi connectivity index (χ3n) is 7.59. The minimum absolute atomic E-state index is 0.0385. The molecule has 2 fully saturated rings. The number of nitrogens with zero attached hydrogens (tertiary/aromatic N) is 8. The Labute approximate surface area is 252 Å². The van der Waals surface area contributed by atoms with Gasteiger partial charge in [0.1, 0.15) is 17.0 Å². The maximum atomic E-state index is 13.1. The van der Waals surface area contributed by atoms with E-state index in [1.807, 2.05) is 25.3 Å². The average molecular weight is 602 g/mol. The van der Waals surface area contributed by atoms with E-state index >= 15 is 0 Å². The summed E-state index contributed by atoms with van der Waals surface area (Å²) in [5, 5.41) is 22.7. The summed E-state index contributed by atoms with van der Waals surface area (Å²) in [5.74, 6) is 1.32. The number of thiophene rings is 1. The second-order valence-electron chi connectivity index (χ2n) is 10.6. The highest BCUT2D eigenvalue weighted by Gasteiger charge is 2.27. The molecule has 0 spiro atoms. The minimum atomic E-state index is -0.205. The van der Waals surface area contributed by atoms with Crippen LogP contribution in [0.4, 0.5) is 5.95 Å². The summed E-state index contributed by atoms with van der Waals surface area (Å²) in [4.78, 5) is 38.5. The molecule has 0 aliphatic carbocycles. The molecule has 5 heterocycles. The Morgan fingerprint density at radius 2 is 1.86 bits per heavy atom. The van der Waals surface area contributed by atoms with Gasteiger partial charge in [-0.25, -0.2) is 9.67 Å². The van der Waals surface area contributed by atoms with Gasteiger partial charge in [-0.15, -0.1) is 16.4 Å². The zero-order chi connectivity index (χ0) is 29.9. The number of piperidine rings is 1. The van der Waals surface area contributed by atoms with Crippen molar-refractivity contribution in [2.24, 2.45) is 0 Å². The number of amides is 2. The van der Waals surface area contributed by atoms with Gasteiger partial charge in [0.2, 0.25) is 17.7 Å². The van der Waals surface area contributed by atoms with Gasteiger partial charge in [-0.3, -0.25) is 9.59 Å². The lowest BCUT2D eigenvalue weighted by atomic mass is 10.0. The number of carbonyl (C=O) groups excluding carboxylic acids is 2. The number of ether oxygens (including phenoxy) is 2. The van der Waals surface area contributed by atoms with Crippen LogP contribution in [-0.2, 0) is 16.1 Å². The van der Waals surface area contributed by atoms with Crippen molar-refractivity contribution in [2.45, 2.75) is 39.3 Å². The zero-order valence-electron chi connectivity index (χ0n) is 23.9. The first-order chi connectivity index (χ1) is 20.9. The summed E-state index contributed by atoms with van der Waals surface area (Å²) in [6.45, 7) is 7.09. The number of likely N-dealkylation sites (tertiary alicyclic amines) is 1. The van der Waals surface area contributed by atoms with E-state index < -0.39 is 0 Å². The third kappa shape index (κ3) is 6.27. The van der Waals surface area contributed by atoms with Crippen LogP contribution in [0, 0.1) is 25.2 Å². The number of aromatic nitrogens is 5. The summed E-state index contributed by atoms with van der Waals surface area (Å²) in [6.07, 6.45) is 2.93. The first-order valence-corrected chi connectivity index (χ1v) is 15.0. The van der Waals surface area contributed by atoms with Crippen molar-refractivity contribution in [3.05, 3.63) is 52.2 Å². The highest BCUT2D eigenvalue weighted by Crippen LogP contribution is 2.36. The Balaban J connectivity index is 1.08. The molecule has 2 aliphatic rings. The Hall–Kier alpha value is -4.61. The number of aryl methyl sites for hydroxylation is 2. The van der Waals surface area contributed by atoms with Gasteiger partial charge in [0, 0.05) is 32.2 Å². The number of anilines is 1. The van der Waals surface area contributed by atoms with E-state index in [0.717, 1.165) is 21.3 Å². The van der Waals surface area contributed by atoms with Gasteiger partial charge >= 0.3 is 0 Å². The molecule has 2 aliphatic heterocycles. The van der Waals surface area contributed by atoms with Gasteiger partial charge in [0.15, 0.2) is 5.69 Å². The predicted octanol–water partition coefficient (Wildman–Crippen LogP) is 3.14. The van der Waals surface area contributed by atoms with E-state index in [9.17, 15) is 14.9 Å². The van der Waals surface area contributed by atoms with Crippen molar-refractivity contribution in [1.29, 1.82) is 5.26 Å². The summed E-state index contributed by atoms with van der Waals surface area (Å²) in [6, 6.07) is 7.78. The molecule has 2 amide bonds. The van der Waals surface area contributed by atoms with Crippen LogP contribution >= 0.6 is 11.3 Å². The Morgan fingerprint density at radius 1 is 1.12 bits per heavy atom. The topological polar surface area (TPSA) is 151 Å². The van der Waals surface area contributed by atoms with Gasteiger partial charge < -0.3 is 24.6 Å². The summed E-state index contributed by atoms with van der Waals surface area (Å²) in [5.41, 5.74) is 3.30. The Morgan fingerprint density at radius 3 is 2.58 bits per heavy atom. The highest BCUT2D eigenvalue weighted by atomic mass is 32.1. The van der Waals surface area contributed by atoms with E-state index in [1.165, 1.54) is 22.2 Å². The molecular formula is C29H31N9O4S. The van der Waals surface area contributed by atoms with E-state index in [4.69, 9.17) is 19.4 Å². The number of morpholine rings is 1. The molecule has 0 saturated carbocycles. The van der Waals surface area contributed by atoms with Gasteiger partial charge in [-0.05, 0) is 61.4 Å². The van der Waals surface area contributed by atoms with Crippen molar-refractivity contribution in [3.8, 4) is 17.7 Å². The highest BCUT2D eigenvalue weighted by molar-refractivity contribution is 7.17. The number of nitrogens with one attached hydrogen (secondary N) is 1. The fraction of sp³-hybridized carbons (Fsp3) is 0.414. The number of carbonyl (C=O) groups is 2. The molecule has 222 valence electrons. The van der Waals surface area contributed by atoms with Crippen LogP contribution in [0.25, 0.3) is 10.2 Å². The minimum Gasteiger partial charge on any atom is -0.437 e. The molecule has 1 aromatic carbocycles. The fourth-order valence-electron chi connectivity index (χ4n) is 5.34. The molecule has 13 nitrogen and oxygen atoms in total. The molecule has 2 saturated heterocycles. The molecule has 0 radical (unpaired) electrons. The summed E-state index contributed by atoms with van der Waals surface area (Å²) >= 11 is 1.51. The normalized spacial score (nSPS) is 15.8. The lowest BCUT2D eigenvalue weighted by Gasteiger charge is -2.32. The maximum absolute atomic E-state index is 13.1. The van der Waals surface area contributed by atoms with Crippen LogP contribution in [0.3, 0.4) is 0 Å². The monoisotopic (exact) mass is 601 g/mol. The first kappa shape index (κ1) is 28.5. The molecule has 0 unspecified atom stereocenters. The largest absolute Gasteiger partial charge is 0.437 e. The Kier molecular flexibility index (Phi) is 8.17. The third-order valence-corrected chi connectivity index (χ3v) is 8.49. The molecule has 0 bridgehead atoms. The average Bonchev–Trinajstić information content (AvgIpc) is 3.69. The van der Waals surface area contributed by atoms with Gasteiger partial charge in [0.25, 0.3) is 5.91 Å². The second kappa shape index (κ2) is 12.3. The molecule has 14 heteroatoms. The van der Waals surface area contributed by atoms with E-state index in [2.05, 4.69) is 21.7 Å². The summed E-state index contributed by atoms with van der Waals surface area (Å²) < 4.78 is 13.9. The molecule has 1 N–H and O–H groups in total. The maximum Gasteiger partial charge on any atom is 0.276 e. The lowest BCUT2D eigenvalue weighted by molar-refractivity contribution is -0.136. The van der Waals surface area contributed by atoms with Crippen LogP contribution in [0.1, 0.15) is 40.0 Å². The SMILES string of the molecule is Cc1cc(C#N)cc(C)c1Oc1nc(NC2CCN(C(=O)c3cn(CC(=O)N4CCOCC4)nn3)CC2)nc2ccsc12. The van der Waals surface area contributed by atoms with Gasteiger partial charge in [0.05, 0.1) is 36.6 Å². The molecule has 43 heavy (non-hydrogen) atoms. The number of rotatable bonds is 7. The molecule has 4 aromatic rings. The smallest absolute Gasteiger partial charge is 0.276 e. The van der Waals surface area contributed by atoms with Crippen molar-refractivity contribution >= 4 is 39.3 Å². The molecular weight excluding hydrogens is 570 g/mol. The van der Waals surface area contributed by atoms with Crippen LogP contribution in [-0.4, -0.2) is 92.0 Å².